The predicted molar refractivity (Wildman–Crippen MR) is 220 cm³/mol. The van der Waals surface area contributed by atoms with Crippen molar-refractivity contribution in [1.29, 1.82) is 0 Å². The van der Waals surface area contributed by atoms with Gasteiger partial charge in [-0.2, -0.15) is 0 Å². The molecule has 52 heavy (non-hydrogen) atoms. The Kier molecular flexibility index (Phi) is 7.18. The van der Waals surface area contributed by atoms with E-state index < -0.39 is 0 Å². The van der Waals surface area contributed by atoms with Crippen LogP contribution in [0.25, 0.3) is 76.9 Å². The fraction of sp³-hybridized carbons (Fsp3) is 0. The zero-order valence-corrected chi connectivity index (χ0v) is 28.4. The molecule has 2 heteroatoms. The summed E-state index contributed by atoms with van der Waals surface area (Å²) in [6, 6.07) is 71.8. The molecule has 0 fully saturated rings. The molecule has 0 N–H and O–H groups in total. The molecule has 0 spiro atoms. The second-order valence-corrected chi connectivity index (χ2v) is 13.4. The van der Waals surface area contributed by atoms with E-state index in [0.29, 0.717) is 0 Å². The lowest BCUT2D eigenvalue weighted by Crippen LogP contribution is -2.09. The quantitative estimate of drug-likeness (QED) is 0.176. The van der Waals surface area contributed by atoms with Gasteiger partial charge in [-0.05, 0) is 122 Å². The maximum atomic E-state index is 6.19. The molecule has 1 aromatic heterocycles. The molecule has 0 saturated carbocycles. The second-order valence-electron chi connectivity index (χ2n) is 13.4. The fourth-order valence-electron chi connectivity index (χ4n) is 7.51. The molecule has 9 aromatic carbocycles. The molecule has 0 atom stereocenters. The molecule has 244 valence electrons. The Balaban J connectivity index is 0.979. The highest BCUT2D eigenvalue weighted by Gasteiger charge is 2.15. The van der Waals surface area contributed by atoms with E-state index in [1.165, 1.54) is 43.8 Å². The molecule has 0 aliphatic carbocycles. The Morgan fingerprint density at radius 3 is 1.50 bits per heavy atom. The minimum atomic E-state index is 0.907. The van der Waals surface area contributed by atoms with Gasteiger partial charge < -0.3 is 9.32 Å². The van der Waals surface area contributed by atoms with Crippen molar-refractivity contribution in [1.82, 2.24) is 0 Å². The molecule has 10 rings (SSSR count). The van der Waals surface area contributed by atoms with E-state index in [4.69, 9.17) is 4.42 Å². The summed E-state index contributed by atoms with van der Waals surface area (Å²) in [7, 11) is 0. The monoisotopic (exact) mass is 663 g/mol. The van der Waals surface area contributed by atoms with E-state index in [9.17, 15) is 0 Å². The van der Waals surface area contributed by atoms with Crippen LogP contribution in [0.4, 0.5) is 17.1 Å². The lowest BCUT2D eigenvalue weighted by molar-refractivity contribution is 0.669. The van der Waals surface area contributed by atoms with Gasteiger partial charge in [-0.25, -0.2) is 0 Å². The van der Waals surface area contributed by atoms with Crippen molar-refractivity contribution in [2.75, 3.05) is 4.90 Å². The van der Waals surface area contributed by atoms with Crippen LogP contribution in [-0.2, 0) is 0 Å². The number of hydrogen-bond acceptors (Lipinski definition) is 2. The van der Waals surface area contributed by atoms with E-state index in [2.05, 4.69) is 193 Å². The van der Waals surface area contributed by atoms with Gasteiger partial charge in [0, 0.05) is 27.8 Å². The van der Waals surface area contributed by atoms with Crippen LogP contribution in [0, 0.1) is 0 Å². The second kappa shape index (κ2) is 12.5. The summed E-state index contributed by atoms with van der Waals surface area (Å²) < 4.78 is 6.19. The van der Waals surface area contributed by atoms with Crippen LogP contribution in [0.1, 0.15) is 0 Å². The zero-order valence-electron chi connectivity index (χ0n) is 28.4. The molecule has 0 amide bonds. The van der Waals surface area contributed by atoms with Gasteiger partial charge in [0.05, 0.1) is 0 Å². The third-order valence-electron chi connectivity index (χ3n) is 10.2. The first-order chi connectivity index (χ1) is 25.7. The highest BCUT2D eigenvalue weighted by atomic mass is 16.3. The highest BCUT2D eigenvalue weighted by Crippen LogP contribution is 2.39. The third kappa shape index (κ3) is 5.39. The van der Waals surface area contributed by atoms with Crippen molar-refractivity contribution < 1.29 is 4.42 Å². The summed E-state index contributed by atoms with van der Waals surface area (Å²) >= 11 is 0. The molecule has 0 bridgehead atoms. The summed E-state index contributed by atoms with van der Waals surface area (Å²) in [6.45, 7) is 0. The zero-order chi connectivity index (χ0) is 34.4. The van der Waals surface area contributed by atoms with Crippen molar-refractivity contribution in [3.63, 3.8) is 0 Å². The standard InChI is InChI=1S/C50H33NO/c1-2-10-44(11-3-1)51(45-26-22-37(23-27-45)42-25-29-48-47-12-6-7-13-49(47)52-50(48)33-42)46-28-24-38-19-21-41(31-43(38)32-46)36-16-14-35(15-17-36)40-20-18-34-8-4-5-9-39(34)30-40/h1-33H. The number of hydrogen-bond donors (Lipinski definition) is 0. The van der Waals surface area contributed by atoms with E-state index in [1.54, 1.807) is 0 Å². The predicted octanol–water partition coefficient (Wildman–Crippen LogP) is 14.4. The third-order valence-corrected chi connectivity index (χ3v) is 10.2. The normalized spacial score (nSPS) is 11.5. The first kappa shape index (κ1) is 30.0. The van der Waals surface area contributed by atoms with Gasteiger partial charge in [0.15, 0.2) is 0 Å². The van der Waals surface area contributed by atoms with E-state index in [-0.39, 0.29) is 0 Å². The maximum Gasteiger partial charge on any atom is 0.136 e. The Morgan fingerprint density at radius 1 is 0.269 bits per heavy atom. The number of anilines is 3. The molecular weight excluding hydrogens is 631 g/mol. The van der Waals surface area contributed by atoms with Crippen LogP contribution in [0.2, 0.25) is 0 Å². The van der Waals surface area contributed by atoms with Crippen molar-refractivity contribution in [3.05, 3.63) is 200 Å². The molecule has 10 aromatic rings. The Labute approximate surface area is 302 Å². The van der Waals surface area contributed by atoms with Gasteiger partial charge in [-0.15, -0.1) is 0 Å². The molecular formula is C50H33NO. The van der Waals surface area contributed by atoms with Crippen LogP contribution in [0.15, 0.2) is 205 Å². The molecule has 0 aliphatic heterocycles. The minimum Gasteiger partial charge on any atom is -0.456 e. The van der Waals surface area contributed by atoms with Crippen LogP contribution in [-0.4, -0.2) is 0 Å². The highest BCUT2D eigenvalue weighted by molar-refractivity contribution is 6.06. The van der Waals surface area contributed by atoms with Gasteiger partial charge >= 0.3 is 0 Å². The van der Waals surface area contributed by atoms with Crippen LogP contribution >= 0.6 is 0 Å². The van der Waals surface area contributed by atoms with Crippen molar-refractivity contribution in [2.45, 2.75) is 0 Å². The molecule has 1 heterocycles. The summed E-state index contributed by atoms with van der Waals surface area (Å²) in [5, 5.41) is 7.23. The van der Waals surface area contributed by atoms with Crippen LogP contribution in [0.5, 0.6) is 0 Å². The fourth-order valence-corrected chi connectivity index (χ4v) is 7.51. The summed E-state index contributed by atoms with van der Waals surface area (Å²) in [4.78, 5) is 2.33. The van der Waals surface area contributed by atoms with Crippen molar-refractivity contribution >= 4 is 60.5 Å². The van der Waals surface area contributed by atoms with E-state index in [1.807, 2.05) is 12.1 Å². The Hall–Kier alpha value is -6.90. The summed E-state index contributed by atoms with van der Waals surface area (Å²) in [6.07, 6.45) is 0. The summed E-state index contributed by atoms with van der Waals surface area (Å²) in [5.74, 6) is 0. The van der Waals surface area contributed by atoms with Crippen LogP contribution in [0.3, 0.4) is 0 Å². The van der Waals surface area contributed by atoms with E-state index in [0.717, 1.165) is 50.1 Å². The number of fused-ring (bicyclic) bond motifs is 5. The number of para-hydroxylation sites is 2. The van der Waals surface area contributed by atoms with Gasteiger partial charge in [-0.1, -0.05) is 133 Å². The summed E-state index contributed by atoms with van der Waals surface area (Å²) in [5.41, 5.74) is 12.3. The molecule has 2 nitrogen and oxygen atoms in total. The molecule has 0 saturated heterocycles. The number of benzene rings is 9. The Bertz CT molecular complexity index is 2890. The molecule has 0 radical (unpaired) electrons. The average molecular weight is 664 g/mol. The van der Waals surface area contributed by atoms with Crippen molar-refractivity contribution in [3.8, 4) is 33.4 Å². The first-order valence-corrected chi connectivity index (χ1v) is 17.7. The maximum absolute atomic E-state index is 6.19. The van der Waals surface area contributed by atoms with Gasteiger partial charge in [-0.3, -0.25) is 0 Å². The lowest BCUT2D eigenvalue weighted by Gasteiger charge is -2.26. The molecule has 0 aliphatic rings. The SMILES string of the molecule is c1ccc(N(c2ccc(-c3ccc4c(c3)oc3ccccc34)cc2)c2ccc3ccc(-c4ccc(-c5ccc6ccccc6c5)cc4)cc3c2)cc1. The lowest BCUT2D eigenvalue weighted by atomic mass is 9.97. The minimum absolute atomic E-state index is 0.907. The van der Waals surface area contributed by atoms with Crippen molar-refractivity contribution in [2.24, 2.45) is 0 Å². The van der Waals surface area contributed by atoms with Gasteiger partial charge in [0.2, 0.25) is 0 Å². The Morgan fingerprint density at radius 2 is 0.750 bits per heavy atom. The number of furan rings is 1. The average Bonchev–Trinajstić information content (AvgIpc) is 3.59. The van der Waals surface area contributed by atoms with Crippen LogP contribution < -0.4 is 4.90 Å². The first-order valence-electron chi connectivity index (χ1n) is 17.7. The smallest absolute Gasteiger partial charge is 0.136 e. The number of nitrogens with zero attached hydrogens (tertiary/aromatic N) is 1. The number of rotatable bonds is 6. The molecule has 0 unspecified atom stereocenters. The van der Waals surface area contributed by atoms with Gasteiger partial charge in [0.25, 0.3) is 0 Å². The largest absolute Gasteiger partial charge is 0.456 e. The topological polar surface area (TPSA) is 16.4 Å². The van der Waals surface area contributed by atoms with Gasteiger partial charge in [0.1, 0.15) is 11.2 Å². The van der Waals surface area contributed by atoms with E-state index >= 15 is 0 Å².